The van der Waals surface area contributed by atoms with E-state index in [-0.39, 0.29) is 29.5 Å². The molecule has 4 rings (SSSR count). The number of rotatable bonds is 15. The highest BCUT2D eigenvalue weighted by molar-refractivity contribution is 9.10. The van der Waals surface area contributed by atoms with Crippen LogP contribution >= 0.6 is 15.9 Å². The molecule has 1 N–H and O–H groups in total. The number of hydrogen-bond donors (Lipinski definition) is 1. The van der Waals surface area contributed by atoms with Crippen molar-refractivity contribution < 1.29 is 22.7 Å². The molecule has 8 nitrogen and oxygen atoms in total. The number of benzene rings is 4. The molecule has 1 atom stereocenters. The summed E-state index contributed by atoms with van der Waals surface area (Å²) >= 11 is 3.52. The molecule has 0 heterocycles. The molecule has 0 radical (unpaired) electrons. The topological polar surface area (TPSA) is 96.0 Å². The molecule has 0 aromatic heterocycles. The highest BCUT2D eigenvalue weighted by Gasteiger charge is 2.35. The van der Waals surface area contributed by atoms with Crippen molar-refractivity contribution in [2.75, 3.05) is 24.5 Å². The van der Waals surface area contributed by atoms with Crippen LogP contribution in [-0.4, -0.2) is 51.4 Å². The van der Waals surface area contributed by atoms with E-state index in [9.17, 15) is 18.0 Å². The molecule has 0 saturated heterocycles. The van der Waals surface area contributed by atoms with Crippen LogP contribution in [0.2, 0.25) is 0 Å². The molecule has 10 heteroatoms. The van der Waals surface area contributed by atoms with Crippen LogP contribution in [0.15, 0.2) is 106 Å². The summed E-state index contributed by atoms with van der Waals surface area (Å²) in [5.74, 6) is -0.529. The summed E-state index contributed by atoms with van der Waals surface area (Å²) in [6, 6.07) is 27.8. The number of hydrogen-bond acceptors (Lipinski definition) is 5. The van der Waals surface area contributed by atoms with Gasteiger partial charge in [0.1, 0.15) is 18.3 Å². The van der Waals surface area contributed by atoms with E-state index in [1.807, 2.05) is 81.4 Å². The second-order valence-corrected chi connectivity index (χ2v) is 14.3. The Morgan fingerprint density at radius 1 is 0.872 bits per heavy atom. The number of unbranched alkanes of at least 4 members (excludes halogenated alkanes) is 1. The first-order valence-corrected chi connectivity index (χ1v) is 17.9. The van der Waals surface area contributed by atoms with Crippen molar-refractivity contribution in [1.82, 2.24) is 10.2 Å². The molecule has 0 aliphatic heterocycles. The summed E-state index contributed by atoms with van der Waals surface area (Å²) in [5.41, 5.74) is 3.59. The van der Waals surface area contributed by atoms with Crippen LogP contribution in [0.1, 0.15) is 42.0 Å². The third-order valence-electron chi connectivity index (χ3n) is 7.83. The van der Waals surface area contributed by atoms with Crippen LogP contribution in [0.5, 0.6) is 5.75 Å². The number of halogens is 1. The van der Waals surface area contributed by atoms with Crippen molar-refractivity contribution in [2.45, 2.75) is 57.5 Å². The number of anilines is 1. The second-order valence-electron chi connectivity index (χ2n) is 11.5. The number of ether oxygens (including phenoxy) is 1. The Kier molecular flexibility index (Phi) is 12.6. The van der Waals surface area contributed by atoms with Crippen molar-refractivity contribution in [3.63, 3.8) is 0 Å². The predicted octanol–water partition coefficient (Wildman–Crippen LogP) is 6.83. The summed E-state index contributed by atoms with van der Waals surface area (Å²) in [5, 5.41) is 3.01. The van der Waals surface area contributed by atoms with Gasteiger partial charge in [-0.1, -0.05) is 95.5 Å². The lowest BCUT2D eigenvalue weighted by molar-refractivity contribution is -0.140. The van der Waals surface area contributed by atoms with Crippen LogP contribution in [0.25, 0.3) is 0 Å². The summed E-state index contributed by atoms with van der Waals surface area (Å²) < 4.78 is 36.3. The standard InChI is InChI=1S/C37H42BrN3O5S/c1-5-6-21-39-37(43)34(24-29-11-8-7-9-12-29)40(25-30-13-10-14-31(38)23-30)36(42)26-41(33-22-28(3)17-20-35(33)46-4)47(44,45)32-18-15-27(2)16-19-32/h7-20,22-23,34H,5-6,21,24-26H2,1-4H3,(H,39,43). The molecule has 0 aliphatic rings. The van der Waals surface area contributed by atoms with Gasteiger partial charge in [0.15, 0.2) is 0 Å². The Hall–Kier alpha value is -4.15. The van der Waals surface area contributed by atoms with E-state index in [1.54, 1.807) is 24.3 Å². The number of methoxy groups -OCH3 is 1. The zero-order valence-corrected chi connectivity index (χ0v) is 29.7. The summed E-state index contributed by atoms with van der Waals surface area (Å²) in [4.78, 5) is 30.1. The minimum Gasteiger partial charge on any atom is -0.495 e. The molecule has 0 aliphatic carbocycles. The van der Waals surface area contributed by atoms with Gasteiger partial charge in [-0.15, -0.1) is 0 Å². The number of carbonyl (C=O) groups is 2. The van der Waals surface area contributed by atoms with Gasteiger partial charge in [-0.2, -0.15) is 0 Å². The van der Waals surface area contributed by atoms with Gasteiger partial charge < -0.3 is 15.0 Å². The Bertz CT molecular complexity index is 1760. The Morgan fingerprint density at radius 3 is 2.21 bits per heavy atom. The monoisotopic (exact) mass is 719 g/mol. The third kappa shape index (κ3) is 9.45. The molecule has 47 heavy (non-hydrogen) atoms. The molecular formula is C37H42BrN3O5S. The minimum absolute atomic E-state index is 0.0381. The minimum atomic E-state index is -4.25. The van der Waals surface area contributed by atoms with Crippen LogP contribution in [0, 0.1) is 13.8 Å². The fourth-order valence-corrected chi connectivity index (χ4v) is 7.10. The highest BCUT2D eigenvalue weighted by atomic mass is 79.9. The maximum atomic E-state index is 14.7. The van der Waals surface area contributed by atoms with E-state index >= 15 is 0 Å². The Morgan fingerprint density at radius 2 is 1.55 bits per heavy atom. The summed E-state index contributed by atoms with van der Waals surface area (Å²) in [7, 11) is -2.79. The van der Waals surface area contributed by atoms with Crippen LogP contribution in [-0.2, 0) is 32.6 Å². The fraction of sp³-hybridized carbons (Fsp3) is 0.297. The normalized spacial score (nSPS) is 11.9. The van der Waals surface area contributed by atoms with E-state index in [4.69, 9.17) is 4.74 Å². The van der Waals surface area contributed by atoms with Crippen LogP contribution < -0.4 is 14.4 Å². The number of nitrogens with one attached hydrogen (secondary N) is 1. The van der Waals surface area contributed by atoms with Gasteiger partial charge in [0.2, 0.25) is 11.8 Å². The van der Waals surface area contributed by atoms with Crippen molar-refractivity contribution in [2.24, 2.45) is 0 Å². The predicted molar refractivity (Wildman–Crippen MR) is 190 cm³/mol. The average molecular weight is 721 g/mol. The maximum absolute atomic E-state index is 14.7. The van der Waals surface area contributed by atoms with Gasteiger partial charge in [0.25, 0.3) is 10.0 Å². The molecule has 0 saturated carbocycles. The van der Waals surface area contributed by atoms with E-state index in [0.717, 1.165) is 43.9 Å². The molecule has 0 fully saturated rings. The lowest BCUT2D eigenvalue weighted by Gasteiger charge is -2.34. The molecule has 1 unspecified atom stereocenters. The largest absolute Gasteiger partial charge is 0.495 e. The second kappa shape index (κ2) is 16.6. The van der Waals surface area contributed by atoms with E-state index in [1.165, 1.54) is 24.1 Å². The molecular weight excluding hydrogens is 678 g/mol. The summed E-state index contributed by atoms with van der Waals surface area (Å²) in [6.45, 7) is 5.75. The molecule has 248 valence electrons. The van der Waals surface area contributed by atoms with Gasteiger partial charge in [-0.3, -0.25) is 13.9 Å². The Balaban J connectivity index is 1.84. The van der Waals surface area contributed by atoms with Gasteiger partial charge in [-0.25, -0.2) is 8.42 Å². The Labute approximate surface area is 286 Å². The lowest BCUT2D eigenvalue weighted by Crippen LogP contribution is -2.53. The summed E-state index contributed by atoms with van der Waals surface area (Å²) in [6.07, 6.45) is 1.94. The van der Waals surface area contributed by atoms with Gasteiger partial charge in [-0.05, 0) is 73.4 Å². The van der Waals surface area contributed by atoms with Crippen LogP contribution in [0.3, 0.4) is 0 Å². The first kappa shape index (κ1) is 35.7. The fourth-order valence-electron chi connectivity index (χ4n) is 5.24. The smallest absolute Gasteiger partial charge is 0.264 e. The number of carbonyl (C=O) groups excluding carboxylic acids is 2. The molecule has 4 aromatic rings. The highest BCUT2D eigenvalue weighted by Crippen LogP contribution is 2.34. The molecule has 4 aromatic carbocycles. The molecule has 2 amide bonds. The molecule has 0 bridgehead atoms. The van der Waals surface area contributed by atoms with E-state index in [0.29, 0.717) is 12.3 Å². The van der Waals surface area contributed by atoms with E-state index in [2.05, 4.69) is 21.2 Å². The average Bonchev–Trinajstić information content (AvgIpc) is 3.05. The van der Waals surface area contributed by atoms with Crippen molar-refractivity contribution >= 4 is 43.5 Å². The van der Waals surface area contributed by atoms with Crippen molar-refractivity contribution in [1.29, 1.82) is 0 Å². The SMILES string of the molecule is CCCCNC(=O)C(Cc1ccccc1)N(Cc1cccc(Br)c1)C(=O)CN(c1cc(C)ccc1OC)S(=O)(=O)c1ccc(C)cc1. The third-order valence-corrected chi connectivity index (χ3v) is 10.1. The van der Waals surface area contributed by atoms with Crippen LogP contribution in [0.4, 0.5) is 5.69 Å². The van der Waals surface area contributed by atoms with Crippen molar-refractivity contribution in [3.8, 4) is 5.75 Å². The van der Waals surface area contributed by atoms with E-state index < -0.39 is 28.5 Å². The van der Waals surface area contributed by atoms with Gasteiger partial charge in [0.05, 0.1) is 17.7 Å². The first-order chi connectivity index (χ1) is 22.5. The maximum Gasteiger partial charge on any atom is 0.264 e. The van der Waals surface area contributed by atoms with Gasteiger partial charge >= 0.3 is 0 Å². The van der Waals surface area contributed by atoms with Crippen molar-refractivity contribution in [3.05, 3.63) is 124 Å². The quantitative estimate of drug-likeness (QED) is 0.136. The number of aryl methyl sites for hydroxylation is 2. The number of amides is 2. The zero-order valence-electron chi connectivity index (χ0n) is 27.3. The molecule has 0 spiro atoms. The number of sulfonamides is 1. The first-order valence-electron chi connectivity index (χ1n) is 15.6. The van der Waals surface area contributed by atoms with Gasteiger partial charge in [0, 0.05) is 24.0 Å². The number of nitrogens with zero attached hydrogens (tertiary/aromatic N) is 2. The lowest BCUT2D eigenvalue weighted by atomic mass is 10.0. The zero-order chi connectivity index (χ0) is 34.0.